The van der Waals surface area contributed by atoms with Crippen LogP contribution in [0.4, 0.5) is 15.9 Å². The molecule has 92 valence electrons. The molecule has 0 unspecified atom stereocenters. The van der Waals surface area contributed by atoms with Crippen molar-refractivity contribution in [2.45, 2.75) is 0 Å². The van der Waals surface area contributed by atoms with E-state index in [9.17, 15) is 9.18 Å². The molecule has 0 amide bonds. The van der Waals surface area contributed by atoms with Crippen molar-refractivity contribution >= 4 is 29.1 Å². The van der Waals surface area contributed by atoms with Gasteiger partial charge in [0.05, 0.1) is 5.02 Å². The van der Waals surface area contributed by atoms with Gasteiger partial charge in [0, 0.05) is 11.9 Å². The van der Waals surface area contributed by atoms with Crippen LogP contribution >= 0.6 is 11.6 Å². The monoisotopic (exact) mass is 266 g/mol. The molecule has 18 heavy (non-hydrogen) atoms. The van der Waals surface area contributed by atoms with E-state index in [0.717, 1.165) is 0 Å². The van der Waals surface area contributed by atoms with E-state index in [2.05, 4.69) is 10.3 Å². The Morgan fingerprint density at radius 1 is 1.39 bits per heavy atom. The Bertz CT molecular complexity index is 604. The van der Waals surface area contributed by atoms with Gasteiger partial charge in [0.2, 0.25) is 0 Å². The summed E-state index contributed by atoms with van der Waals surface area (Å²) < 4.78 is 13.2. The molecular weight excluding hydrogens is 259 g/mol. The first-order valence-corrected chi connectivity index (χ1v) is 5.36. The first kappa shape index (κ1) is 12.3. The Kier molecular flexibility index (Phi) is 3.43. The van der Waals surface area contributed by atoms with Gasteiger partial charge < -0.3 is 10.4 Å². The molecule has 0 radical (unpaired) electrons. The standard InChI is InChI=1S/C12H8ClFN2O2/c13-9-4-3-7(6-10(9)14)16-11-8(12(17)18)2-1-5-15-11/h1-6H,(H,15,16)(H,17,18). The number of aromatic carboxylic acids is 1. The Morgan fingerprint density at radius 3 is 2.83 bits per heavy atom. The molecule has 0 saturated carbocycles. The fourth-order valence-corrected chi connectivity index (χ4v) is 1.51. The Balaban J connectivity index is 2.34. The first-order valence-electron chi connectivity index (χ1n) is 4.98. The number of rotatable bonds is 3. The highest BCUT2D eigenvalue weighted by Gasteiger charge is 2.11. The van der Waals surface area contributed by atoms with Crippen molar-refractivity contribution in [2.24, 2.45) is 0 Å². The minimum atomic E-state index is -1.11. The molecule has 0 aliphatic rings. The maximum absolute atomic E-state index is 13.2. The van der Waals surface area contributed by atoms with Gasteiger partial charge in [-0.3, -0.25) is 0 Å². The number of carboxylic acids is 1. The van der Waals surface area contributed by atoms with E-state index < -0.39 is 11.8 Å². The van der Waals surface area contributed by atoms with E-state index in [-0.39, 0.29) is 16.4 Å². The second-order valence-corrected chi connectivity index (χ2v) is 3.87. The van der Waals surface area contributed by atoms with Crippen LogP contribution in [0.25, 0.3) is 0 Å². The summed E-state index contributed by atoms with van der Waals surface area (Å²) in [6.45, 7) is 0. The molecule has 0 atom stereocenters. The number of aromatic nitrogens is 1. The maximum Gasteiger partial charge on any atom is 0.339 e. The predicted octanol–water partition coefficient (Wildman–Crippen LogP) is 3.32. The number of pyridine rings is 1. The van der Waals surface area contributed by atoms with Gasteiger partial charge in [0.15, 0.2) is 0 Å². The average Bonchev–Trinajstić information content (AvgIpc) is 2.34. The quantitative estimate of drug-likeness (QED) is 0.895. The third-order valence-electron chi connectivity index (χ3n) is 2.22. The molecule has 0 fully saturated rings. The van der Waals surface area contributed by atoms with Gasteiger partial charge in [0.25, 0.3) is 0 Å². The largest absolute Gasteiger partial charge is 0.478 e. The number of halogens is 2. The van der Waals surface area contributed by atoms with Crippen LogP contribution in [0.1, 0.15) is 10.4 Å². The predicted molar refractivity (Wildman–Crippen MR) is 65.9 cm³/mol. The third-order valence-corrected chi connectivity index (χ3v) is 2.53. The molecule has 4 nitrogen and oxygen atoms in total. The van der Waals surface area contributed by atoms with Crippen LogP contribution in [-0.2, 0) is 0 Å². The number of carboxylic acid groups (broad SMARTS) is 1. The zero-order valence-corrected chi connectivity index (χ0v) is 9.78. The molecule has 2 rings (SSSR count). The summed E-state index contributed by atoms with van der Waals surface area (Å²) >= 11 is 5.55. The van der Waals surface area contributed by atoms with Crippen molar-refractivity contribution in [2.75, 3.05) is 5.32 Å². The second kappa shape index (κ2) is 5.01. The summed E-state index contributed by atoms with van der Waals surface area (Å²) in [5, 5.41) is 11.7. The fourth-order valence-electron chi connectivity index (χ4n) is 1.39. The average molecular weight is 267 g/mol. The highest BCUT2D eigenvalue weighted by atomic mass is 35.5. The number of anilines is 2. The number of hydrogen-bond acceptors (Lipinski definition) is 3. The highest BCUT2D eigenvalue weighted by molar-refractivity contribution is 6.30. The molecule has 0 aliphatic carbocycles. The molecule has 0 aliphatic heterocycles. The van der Waals surface area contributed by atoms with E-state index in [1.165, 1.54) is 36.5 Å². The smallest absolute Gasteiger partial charge is 0.339 e. The number of hydrogen-bond donors (Lipinski definition) is 2. The van der Waals surface area contributed by atoms with Crippen LogP contribution in [0.15, 0.2) is 36.5 Å². The van der Waals surface area contributed by atoms with Gasteiger partial charge in [-0.1, -0.05) is 11.6 Å². The van der Waals surface area contributed by atoms with Crippen LogP contribution in [0.3, 0.4) is 0 Å². The lowest BCUT2D eigenvalue weighted by Gasteiger charge is -2.08. The topological polar surface area (TPSA) is 62.2 Å². The number of nitrogens with one attached hydrogen (secondary N) is 1. The van der Waals surface area contributed by atoms with Gasteiger partial charge in [-0.05, 0) is 30.3 Å². The summed E-state index contributed by atoms with van der Waals surface area (Å²) in [7, 11) is 0. The molecule has 1 aromatic carbocycles. The molecule has 1 heterocycles. The SMILES string of the molecule is O=C(O)c1cccnc1Nc1ccc(Cl)c(F)c1. The Labute approximate surface area is 107 Å². The summed E-state index contributed by atoms with van der Waals surface area (Å²) in [4.78, 5) is 14.9. The van der Waals surface area contributed by atoms with Gasteiger partial charge in [-0.25, -0.2) is 14.2 Å². The van der Waals surface area contributed by atoms with Crippen molar-refractivity contribution in [3.8, 4) is 0 Å². The number of carbonyl (C=O) groups is 1. The Morgan fingerprint density at radius 2 is 2.17 bits per heavy atom. The summed E-state index contributed by atoms with van der Waals surface area (Å²) in [5.74, 6) is -1.55. The van der Waals surface area contributed by atoms with E-state index in [0.29, 0.717) is 5.69 Å². The number of benzene rings is 1. The van der Waals surface area contributed by atoms with E-state index in [4.69, 9.17) is 16.7 Å². The molecular formula is C12H8ClFN2O2. The van der Waals surface area contributed by atoms with Crippen molar-refractivity contribution in [3.63, 3.8) is 0 Å². The van der Waals surface area contributed by atoms with Crippen molar-refractivity contribution < 1.29 is 14.3 Å². The van der Waals surface area contributed by atoms with Gasteiger partial charge in [-0.2, -0.15) is 0 Å². The second-order valence-electron chi connectivity index (χ2n) is 3.46. The van der Waals surface area contributed by atoms with Crippen LogP contribution in [0.5, 0.6) is 0 Å². The minimum Gasteiger partial charge on any atom is -0.478 e. The lowest BCUT2D eigenvalue weighted by atomic mass is 10.2. The van der Waals surface area contributed by atoms with Crippen molar-refractivity contribution in [1.29, 1.82) is 0 Å². The normalized spacial score (nSPS) is 10.1. The first-order chi connectivity index (χ1) is 8.58. The lowest BCUT2D eigenvalue weighted by Crippen LogP contribution is -2.04. The zero-order chi connectivity index (χ0) is 13.1. The van der Waals surface area contributed by atoms with Crippen LogP contribution in [-0.4, -0.2) is 16.1 Å². The maximum atomic E-state index is 13.2. The molecule has 1 aromatic heterocycles. The minimum absolute atomic E-state index is 0.0000268. The van der Waals surface area contributed by atoms with Crippen LogP contribution in [0, 0.1) is 5.82 Å². The number of nitrogens with zero attached hydrogens (tertiary/aromatic N) is 1. The van der Waals surface area contributed by atoms with E-state index in [1.807, 2.05) is 0 Å². The van der Waals surface area contributed by atoms with Gasteiger partial charge >= 0.3 is 5.97 Å². The zero-order valence-electron chi connectivity index (χ0n) is 9.02. The molecule has 0 spiro atoms. The van der Waals surface area contributed by atoms with Crippen LogP contribution < -0.4 is 5.32 Å². The summed E-state index contributed by atoms with van der Waals surface area (Å²) in [5.41, 5.74) is 0.381. The molecule has 6 heteroatoms. The van der Waals surface area contributed by atoms with E-state index in [1.54, 1.807) is 0 Å². The van der Waals surface area contributed by atoms with Gasteiger partial charge in [-0.15, -0.1) is 0 Å². The Hall–Kier alpha value is -2.14. The lowest BCUT2D eigenvalue weighted by molar-refractivity contribution is 0.0697. The van der Waals surface area contributed by atoms with E-state index >= 15 is 0 Å². The molecule has 0 bridgehead atoms. The van der Waals surface area contributed by atoms with Gasteiger partial charge in [0.1, 0.15) is 17.2 Å². The molecule has 2 aromatic rings. The summed E-state index contributed by atoms with van der Waals surface area (Å²) in [6, 6.07) is 7.00. The fraction of sp³-hybridized carbons (Fsp3) is 0. The third kappa shape index (κ3) is 2.57. The van der Waals surface area contributed by atoms with Crippen LogP contribution in [0.2, 0.25) is 5.02 Å². The molecule has 2 N–H and O–H groups in total. The highest BCUT2D eigenvalue weighted by Crippen LogP contribution is 2.22. The molecule has 0 saturated heterocycles. The van der Waals surface area contributed by atoms with Crippen molar-refractivity contribution in [1.82, 2.24) is 4.98 Å². The van der Waals surface area contributed by atoms with Crippen molar-refractivity contribution in [3.05, 3.63) is 52.9 Å². The summed E-state index contributed by atoms with van der Waals surface area (Å²) in [6.07, 6.45) is 1.45.